The van der Waals surface area contributed by atoms with Gasteiger partial charge in [-0.05, 0) is 30.3 Å². The molecule has 0 saturated heterocycles. The van der Waals surface area contributed by atoms with Crippen molar-refractivity contribution in [2.45, 2.75) is 30.3 Å². The van der Waals surface area contributed by atoms with Crippen LogP contribution in [0.25, 0.3) is 0 Å². The minimum absolute atomic E-state index is 0.0188. The number of hydrogen-bond donors (Lipinski definition) is 0. The maximum Gasteiger partial charge on any atom is 0.417 e. The summed E-state index contributed by atoms with van der Waals surface area (Å²) >= 11 is 1.01. The molecule has 2 rings (SSSR count). The second kappa shape index (κ2) is 5.92. The van der Waals surface area contributed by atoms with Crippen LogP contribution in [0.5, 0.6) is 0 Å². The van der Waals surface area contributed by atoms with Crippen LogP contribution in [0.1, 0.15) is 34.8 Å². The van der Waals surface area contributed by atoms with Gasteiger partial charge in [0.15, 0.2) is 5.82 Å². The molecule has 0 aliphatic rings. The van der Waals surface area contributed by atoms with Crippen molar-refractivity contribution in [2.24, 2.45) is 7.05 Å². The highest BCUT2D eigenvalue weighted by molar-refractivity contribution is 7.99. The first-order valence-corrected chi connectivity index (χ1v) is 7.00. The van der Waals surface area contributed by atoms with Gasteiger partial charge < -0.3 is 0 Å². The smallest absolute Gasteiger partial charge is 0.245 e. The van der Waals surface area contributed by atoms with Crippen molar-refractivity contribution in [3.05, 3.63) is 28.7 Å². The number of rotatable bonds is 3. The molecule has 0 radical (unpaired) electrons. The first-order chi connectivity index (χ1) is 10.2. The highest BCUT2D eigenvalue weighted by Gasteiger charge is 2.36. The van der Waals surface area contributed by atoms with Crippen LogP contribution >= 0.6 is 11.8 Å². The summed E-state index contributed by atoms with van der Waals surface area (Å²) in [5.74, 6) is 0.478. The molecule has 0 spiro atoms. The molecule has 0 bridgehead atoms. The Morgan fingerprint density at radius 3 is 2.59 bits per heavy atom. The van der Waals surface area contributed by atoms with E-state index in [-0.39, 0.29) is 16.0 Å². The van der Waals surface area contributed by atoms with Crippen LogP contribution in [0.2, 0.25) is 0 Å². The summed E-state index contributed by atoms with van der Waals surface area (Å²) in [4.78, 5) is 4.06. The van der Waals surface area contributed by atoms with Gasteiger partial charge in [-0.3, -0.25) is 0 Å². The van der Waals surface area contributed by atoms with E-state index in [2.05, 4.69) is 20.5 Å². The van der Waals surface area contributed by atoms with Gasteiger partial charge in [-0.15, -0.1) is 5.10 Å². The number of halogens is 3. The maximum absolute atomic E-state index is 13.0. The molecule has 0 aromatic carbocycles. The first-order valence-electron chi connectivity index (χ1n) is 6.12. The number of tetrazole rings is 1. The molecule has 10 heteroatoms. The highest BCUT2D eigenvalue weighted by Crippen LogP contribution is 2.39. The van der Waals surface area contributed by atoms with E-state index < -0.39 is 17.3 Å². The van der Waals surface area contributed by atoms with Gasteiger partial charge in [0.2, 0.25) is 0 Å². The third-order valence-electron chi connectivity index (χ3n) is 2.84. The van der Waals surface area contributed by atoms with Gasteiger partial charge in [-0.2, -0.15) is 18.4 Å². The Labute approximate surface area is 128 Å². The minimum atomic E-state index is -4.61. The van der Waals surface area contributed by atoms with Crippen LogP contribution in [0, 0.1) is 18.3 Å². The number of nitrogens with zero attached hydrogens (tertiary/aromatic N) is 6. The topological polar surface area (TPSA) is 80.3 Å². The molecule has 22 heavy (non-hydrogen) atoms. The fraction of sp³-hybridized carbons (Fsp3) is 0.417. The summed E-state index contributed by atoms with van der Waals surface area (Å²) in [5.41, 5.74) is -1.27. The molecule has 2 aromatic heterocycles. The molecule has 0 unspecified atom stereocenters. The van der Waals surface area contributed by atoms with Crippen molar-refractivity contribution in [1.29, 1.82) is 5.26 Å². The number of thioether (sulfide) groups is 1. The number of hydrogen-bond acceptors (Lipinski definition) is 6. The summed E-state index contributed by atoms with van der Waals surface area (Å²) in [6, 6.07) is 2.47. The standard InChI is InChI=1S/C12H11F3N6S/c1-6-4-9(12(13,14)15)8(5-16)11(17-6)22-7(2)10-18-19-20-21(10)3/h4,7H,1-3H3/t7-/m1/s1. The van der Waals surface area contributed by atoms with Gasteiger partial charge in [0, 0.05) is 12.7 Å². The van der Waals surface area contributed by atoms with Crippen LogP contribution in [0.3, 0.4) is 0 Å². The molecule has 116 valence electrons. The Kier molecular flexibility index (Phi) is 4.37. The van der Waals surface area contributed by atoms with Crippen molar-refractivity contribution in [3.63, 3.8) is 0 Å². The lowest BCUT2D eigenvalue weighted by atomic mass is 10.1. The van der Waals surface area contributed by atoms with Gasteiger partial charge >= 0.3 is 6.18 Å². The van der Waals surface area contributed by atoms with E-state index in [1.165, 1.54) is 11.6 Å². The number of alkyl halides is 3. The fourth-order valence-corrected chi connectivity index (χ4v) is 2.97. The highest BCUT2D eigenvalue weighted by atomic mass is 32.2. The summed E-state index contributed by atoms with van der Waals surface area (Å²) in [6.07, 6.45) is -4.61. The maximum atomic E-state index is 13.0. The van der Waals surface area contributed by atoms with E-state index in [1.54, 1.807) is 20.0 Å². The summed E-state index contributed by atoms with van der Waals surface area (Å²) in [7, 11) is 1.63. The molecular formula is C12H11F3N6S. The van der Waals surface area contributed by atoms with Crippen LogP contribution in [-0.4, -0.2) is 25.2 Å². The number of nitriles is 1. The Balaban J connectivity index is 2.46. The predicted octanol–water partition coefficient (Wildman–Crippen LogP) is 2.66. The monoisotopic (exact) mass is 328 g/mol. The van der Waals surface area contributed by atoms with E-state index in [0.717, 1.165) is 17.8 Å². The van der Waals surface area contributed by atoms with Gasteiger partial charge in [-0.25, -0.2) is 9.67 Å². The number of aryl methyl sites for hydroxylation is 2. The second-order valence-corrected chi connectivity index (χ2v) is 5.85. The molecular weight excluding hydrogens is 317 g/mol. The van der Waals surface area contributed by atoms with Gasteiger partial charge in [0.1, 0.15) is 11.1 Å². The Hall–Kier alpha value is -2.15. The lowest BCUT2D eigenvalue weighted by Gasteiger charge is -2.15. The molecule has 0 N–H and O–H groups in total. The fourth-order valence-electron chi connectivity index (χ4n) is 1.86. The lowest BCUT2D eigenvalue weighted by Crippen LogP contribution is -2.11. The van der Waals surface area contributed by atoms with Gasteiger partial charge in [0.05, 0.1) is 16.4 Å². The largest absolute Gasteiger partial charge is 0.417 e. The third-order valence-corrected chi connectivity index (χ3v) is 3.92. The molecule has 2 heterocycles. The van der Waals surface area contributed by atoms with E-state index in [9.17, 15) is 13.2 Å². The number of aromatic nitrogens is 5. The SMILES string of the molecule is Cc1cc(C(F)(F)F)c(C#N)c(S[C@H](C)c2nnnn2C)n1. The van der Waals surface area contributed by atoms with Crippen molar-refractivity contribution in [3.8, 4) is 6.07 Å². The summed E-state index contributed by atoms with van der Waals surface area (Å²) in [6.45, 7) is 3.18. The van der Waals surface area contributed by atoms with Gasteiger partial charge in [0.25, 0.3) is 0 Å². The average molecular weight is 328 g/mol. The van der Waals surface area contributed by atoms with E-state index in [4.69, 9.17) is 5.26 Å². The molecule has 0 saturated carbocycles. The zero-order valence-corrected chi connectivity index (χ0v) is 12.7. The molecule has 2 aromatic rings. The molecule has 0 aliphatic carbocycles. The van der Waals surface area contributed by atoms with E-state index in [1.807, 2.05) is 0 Å². The molecule has 0 fully saturated rings. The Morgan fingerprint density at radius 2 is 2.09 bits per heavy atom. The quantitative estimate of drug-likeness (QED) is 0.806. The normalized spacial score (nSPS) is 13.0. The number of pyridine rings is 1. The van der Waals surface area contributed by atoms with Crippen molar-refractivity contribution in [1.82, 2.24) is 25.2 Å². The second-order valence-electron chi connectivity index (χ2n) is 4.52. The zero-order valence-electron chi connectivity index (χ0n) is 11.9. The lowest BCUT2D eigenvalue weighted by molar-refractivity contribution is -0.138. The van der Waals surface area contributed by atoms with Crippen molar-refractivity contribution < 1.29 is 13.2 Å². The van der Waals surface area contributed by atoms with Crippen LogP contribution in [0.15, 0.2) is 11.1 Å². The Bertz CT molecular complexity index is 733. The van der Waals surface area contributed by atoms with E-state index in [0.29, 0.717) is 5.82 Å². The summed E-state index contributed by atoms with van der Waals surface area (Å²) in [5, 5.41) is 19.7. The molecule has 0 aliphatic heterocycles. The first kappa shape index (κ1) is 16.2. The third kappa shape index (κ3) is 3.19. The molecule has 0 amide bonds. The van der Waals surface area contributed by atoms with Crippen LogP contribution in [0.4, 0.5) is 13.2 Å². The predicted molar refractivity (Wildman–Crippen MR) is 71.8 cm³/mol. The van der Waals surface area contributed by atoms with Gasteiger partial charge in [-0.1, -0.05) is 11.8 Å². The zero-order chi connectivity index (χ0) is 16.5. The van der Waals surface area contributed by atoms with Crippen molar-refractivity contribution in [2.75, 3.05) is 0 Å². The van der Waals surface area contributed by atoms with Crippen LogP contribution < -0.4 is 0 Å². The Morgan fingerprint density at radius 1 is 1.41 bits per heavy atom. The molecule has 1 atom stereocenters. The van der Waals surface area contributed by atoms with Crippen LogP contribution in [-0.2, 0) is 13.2 Å². The average Bonchev–Trinajstić information content (AvgIpc) is 2.83. The molecule has 6 nitrogen and oxygen atoms in total. The summed E-state index contributed by atoms with van der Waals surface area (Å²) < 4.78 is 40.6. The minimum Gasteiger partial charge on any atom is -0.245 e. The van der Waals surface area contributed by atoms with E-state index >= 15 is 0 Å². The van der Waals surface area contributed by atoms with Crippen molar-refractivity contribution >= 4 is 11.8 Å².